The number of carbonyl (C=O) groups is 1. The molecule has 1 atom stereocenters. The average molecular weight is 599 g/mol. The van der Waals surface area contributed by atoms with Crippen molar-refractivity contribution in [2.45, 2.75) is 38.5 Å². The molecule has 5 rings (SSSR count). The first-order chi connectivity index (χ1) is 20.7. The van der Waals surface area contributed by atoms with Crippen LogP contribution >= 0.6 is 0 Å². The molecule has 0 aliphatic rings. The number of alkyl halides is 3. The number of methoxy groups -OCH3 is 1. The highest BCUT2D eigenvalue weighted by molar-refractivity contribution is 5.85. The maximum absolute atomic E-state index is 15.1. The van der Waals surface area contributed by atoms with Crippen LogP contribution in [0.2, 0.25) is 0 Å². The predicted octanol–water partition coefficient (Wildman–Crippen LogP) is 6.98. The molecule has 0 fully saturated rings. The summed E-state index contributed by atoms with van der Waals surface area (Å²) in [6, 6.07) is 14.2. The van der Waals surface area contributed by atoms with E-state index in [1.54, 1.807) is 12.3 Å². The van der Waals surface area contributed by atoms with Gasteiger partial charge >= 0.3 is 5.97 Å². The topological polar surface area (TPSA) is 92.0 Å². The van der Waals surface area contributed by atoms with E-state index >= 15 is 4.39 Å². The first kappa shape index (κ1) is 29.8. The summed E-state index contributed by atoms with van der Waals surface area (Å²) in [6.45, 7) is -0.452. The first-order valence-electron chi connectivity index (χ1n) is 13.3. The number of ether oxygens (including phenoxy) is 2. The number of carbonyl (C=O) groups excluding carboxylic acids is 1. The van der Waals surface area contributed by atoms with Crippen molar-refractivity contribution in [3.05, 3.63) is 101 Å². The molecule has 0 aliphatic heterocycles. The van der Waals surface area contributed by atoms with Crippen LogP contribution in [-0.2, 0) is 28.9 Å². The van der Waals surface area contributed by atoms with E-state index in [4.69, 9.17) is 9.47 Å². The van der Waals surface area contributed by atoms with Gasteiger partial charge in [-0.25, -0.2) is 26.9 Å². The normalized spacial score (nSPS) is 12.2. The van der Waals surface area contributed by atoms with Gasteiger partial charge in [-0.2, -0.15) is 0 Å². The first-order valence-corrected chi connectivity index (χ1v) is 13.3. The van der Waals surface area contributed by atoms with Crippen LogP contribution in [-0.4, -0.2) is 40.8 Å². The molecule has 0 saturated carbocycles. The number of nitrogens with zero attached hydrogens (tertiary/aromatic N) is 1. The van der Waals surface area contributed by atoms with Crippen LogP contribution in [0.15, 0.2) is 67.0 Å². The zero-order chi connectivity index (χ0) is 30.5. The van der Waals surface area contributed by atoms with Gasteiger partial charge in [-0.15, -0.1) is 0 Å². The van der Waals surface area contributed by atoms with Crippen molar-refractivity contribution in [1.82, 2.24) is 20.3 Å². The molecule has 3 N–H and O–H groups in total. The fourth-order valence-electron chi connectivity index (χ4n) is 4.71. The summed E-state index contributed by atoms with van der Waals surface area (Å²) in [5.41, 5.74) is 3.15. The van der Waals surface area contributed by atoms with E-state index in [-0.39, 0.29) is 40.8 Å². The highest BCUT2D eigenvalue weighted by Gasteiger charge is 2.22. The van der Waals surface area contributed by atoms with E-state index in [2.05, 4.69) is 15.0 Å². The number of nitrogens with one attached hydrogen (secondary N) is 3. The van der Waals surface area contributed by atoms with Gasteiger partial charge in [0.15, 0.2) is 11.6 Å². The number of aromatic nitrogens is 3. The van der Waals surface area contributed by atoms with E-state index in [0.717, 1.165) is 17.2 Å². The zero-order valence-electron chi connectivity index (χ0n) is 22.9. The average Bonchev–Trinajstić information content (AvgIpc) is 3.66. The summed E-state index contributed by atoms with van der Waals surface area (Å²) in [5, 5.41) is 2.49. The van der Waals surface area contributed by atoms with E-state index in [0.29, 0.717) is 29.4 Å². The second-order valence-electron chi connectivity index (χ2n) is 9.80. The third-order valence-corrected chi connectivity index (χ3v) is 6.83. The summed E-state index contributed by atoms with van der Waals surface area (Å²) >= 11 is 0. The fraction of sp³-hybridized carbons (Fsp3) is 0.226. The third kappa shape index (κ3) is 7.03. The lowest BCUT2D eigenvalue weighted by molar-refractivity contribution is -0.140. The van der Waals surface area contributed by atoms with Gasteiger partial charge in [-0.1, -0.05) is 24.3 Å². The standard InChI is InChI=1S/C31H27F5N4O3/c1-42-27(41)8-5-17-3-2-4-18(11-17)12-19-15-39-31(40-19)22-13-20(6-7-24(22)32)43-28-23(16-38-30(36)29(34)35)21-9-10-37-26(21)14-25(28)33/h2-4,6-7,9-11,13-15,29-30,37-38H,5,8,12,16H2,1H3,(H,39,40). The molecule has 0 aliphatic carbocycles. The zero-order valence-corrected chi connectivity index (χ0v) is 22.9. The lowest BCUT2D eigenvalue weighted by Gasteiger charge is -2.16. The molecule has 224 valence electrons. The summed E-state index contributed by atoms with van der Waals surface area (Å²) in [6.07, 6.45) is -1.54. The van der Waals surface area contributed by atoms with Crippen molar-refractivity contribution in [1.29, 1.82) is 0 Å². The molecule has 1 unspecified atom stereocenters. The number of rotatable bonds is 12. The molecular formula is C31H27F5N4O3. The van der Waals surface area contributed by atoms with Crippen molar-refractivity contribution in [2.75, 3.05) is 7.11 Å². The smallest absolute Gasteiger partial charge is 0.305 e. The highest BCUT2D eigenvalue weighted by Crippen LogP contribution is 2.36. The number of aryl methyl sites for hydroxylation is 1. The summed E-state index contributed by atoms with van der Waals surface area (Å²) in [7, 11) is 1.34. The van der Waals surface area contributed by atoms with Crippen molar-refractivity contribution in [3.8, 4) is 22.9 Å². The number of benzene rings is 3. The molecule has 3 aromatic carbocycles. The molecule has 0 spiro atoms. The van der Waals surface area contributed by atoms with Crippen LogP contribution in [0.5, 0.6) is 11.5 Å². The predicted molar refractivity (Wildman–Crippen MR) is 150 cm³/mol. The molecule has 5 aromatic rings. The highest BCUT2D eigenvalue weighted by atomic mass is 19.3. The quantitative estimate of drug-likeness (QED) is 0.0820. The maximum Gasteiger partial charge on any atom is 0.305 e. The molecule has 43 heavy (non-hydrogen) atoms. The van der Waals surface area contributed by atoms with E-state index < -0.39 is 30.9 Å². The SMILES string of the molecule is COC(=O)CCc1cccc(Cc2cnc(-c3cc(Oc4c(F)cc5[nH]ccc5c4CNC(F)C(F)F)ccc3F)[nH]2)c1. The molecule has 0 bridgehead atoms. The van der Waals surface area contributed by atoms with E-state index in [9.17, 15) is 22.4 Å². The van der Waals surface area contributed by atoms with Crippen LogP contribution in [0.25, 0.3) is 22.3 Å². The molecule has 7 nitrogen and oxygen atoms in total. The minimum atomic E-state index is -3.27. The Balaban J connectivity index is 1.37. The van der Waals surface area contributed by atoms with Gasteiger partial charge in [0, 0.05) is 60.0 Å². The molecule has 2 heterocycles. The minimum absolute atomic E-state index is 0.0494. The van der Waals surface area contributed by atoms with E-state index in [1.807, 2.05) is 29.6 Å². The summed E-state index contributed by atoms with van der Waals surface area (Å²) < 4.78 is 79.7. The largest absolute Gasteiger partial charge is 0.469 e. The van der Waals surface area contributed by atoms with E-state index in [1.165, 1.54) is 31.5 Å². The monoisotopic (exact) mass is 598 g/mol. The number of aromatic amines is 2. The summed E-state index contributed by atoms with van der Waals surface area (Å²) in [4.78, 5) is 21.7. The van der Waals surface area contributed by atoms with Gasteiger partial charge < -0.3 is 19.4 Å². The Morgan fingerprint density at radius 1 is 1.02 bits per heavy atom. The molecule has 0 saturated heterocycles. The second-order valence-corrected chi connectivity index (χ2v) is 9.80. The van der Waals surface area contributed by atoms with Gasteiger partial charge in [0.2, 0.25) is 6.30 Å². The Bertz CT molecular complexity index is 1740. The number of fused-ring (bicyclic) bond motifs is 1. The number of imidazole rings is 1. The lowest BCUT2D eigenvalue weighted by atomic mass is 10.0. The van der Waals surface area contributed by atoms with Crippen LogP contribution in [0.1, 0.15) is 28.8 Å². The third-order valence-electron chi connectivity index (χ3n) is 6.83. The van der Waals surface area contributed by atoms with Gasteiger partial charge in [-0.3, -0.25) is 10.1 Å². The van der Waals surface area contributed by atoms with Crippen molar-refractivity contribution >= 4 is 16.9 Å². The molecule has 0 amide bonds. The Morgan fingerprint density at radius 3 is 2.63 bits per heavy atom. The minimum Gasteiger partial charge on any atom is -0.469 e. The molecule has 0 radical (unpaired) electrons. The van der Waals surface area contributed by atoms with Crippen LogP contribution in [0, 0.1) is 11.6 Å². The number of esters is 1. The number of hydrogen-bond donors (Lipinski definition) is 3. The Labute approximate surface area is 243 Å². The second kappa shape index (κ2) is 13.1. The Hall–Kier alpha value is -4.71. The Morgan fingerprint density at radius 2 is 1.84 bits per heavy atom. The number of hydrogen-bond acceptors (Lipinski definition) is 5. The van der Waals surface area contributed by atoms with Crippen molar-refractivity contribution in [2.24, 2.45) is 0 Å². The molecule has 2 aromatic heterocycles. The van der Waals surface area contributed by atoms with Gasteiger partial charge in [-0.05, 0) is 41.8 Å². The number of halogens is 5. The number of H-pyrrole nitrogens is 2. The van der Waals surface area contributed by atoms with Gasteiger partial charge in [0.25, 0.3) is 6.43 Å². The fourth-order valence-corrected chi connectivity index (χ4v) is 4.71. The van der Waals surface area contributed by atoms with Crippen LogP contribution in [0.3, 0.4) is 0 Å². The maximum atomic E-state index is 15.1. The van der Waals surface area contributed by atoms with Crippen molar-refractivity contribution in [3.63, 3.8) is 0 Å². The van der Waals surface area contributed by atoms with Crippen LogP contribution < -0.4 is 10.1 Å². The van der Waals surface area contributed by atoms with Crippen LogP contribution in [0.4, 0.5) is 22.0 Å². The Kier molecular flexibility index (Phi) is 9.05. The summed E-state index contributed by atoms with van der Waals surface area (Å²) in [5.74, 6) is -1.78. The van der Waals surface area contributed by atoms with Gasteiger partial charge in [0.1, 0.15) is 17.4 Å². The van der Waals surface area contributed by atoms with Crippen molar-refractivity contribution < 1.29 is 36.2 Å². The van der Waals surface area contributed by atoms with Gasteiger partial charge in [0.05, 0.1) is 12.7 Å². The molecular weight excluding hydrogens is 571 g/mol. The lowest BCUT2D eigenvalue weighted by Crippen LogP contribution is -2.31. The molecule has 12 heteroatoms.